The highest BCUT2D eigenvalue weighted by Gasteiger charge is 2.52. The van der Waals surface area contributed by atoms with E-state index < -0.39 is 11.6 Å². The van der Waals surface area contributed by atoms with E-state index in [0.717, 1.165) is 17.9 Å². The van der Waals surface area contributed by atoms with Crippen LogP contribution in [0.3, 0.4) is 0 Å². The number of rotatable bonds is 3. The number of hydrogen-bond donors (Lipinski definition) is 1. The van der Waals surface area contributed by atoms with Crippen molar-refractivity contribution in [1.29, 1.82) is 0 Å². The number of amides is 3. The predicted molar refractivity (Wildman–Crippen MR) is 107 cm³/mol. The minimum absolute atomic E-state index is 0.256. The molecule has 0 unspecified atom stereocenters. The van der Waals surface area contributed by atoms with Crippen LogP contribution in [0.25, 0.3) is 5.69 Å². The Balaban J connectivity index is 1.59. The summed E-state index contributed by atoms with van der Waals surface area (Å²) in [5.41, 5.74) is 0.786. The van der Waals surface area contributed by atoms with Gasteiger partial charge in [0.2, 0.25) is 0 Å². The maximum Gasteiger partial charge on any atom is 0.346 e. The van der Waals surface area contributed by atoms with Crippen LogP contribution >= 0.6 is 11.6 Å². The zero-order chi connectivity index (χ0) is 20.8. The fourth-order valence-corrected chi connectivity index (χ4v) is 4.15. The fraction of sp³-hybridized carbons (Fsp3) is 0.400. The first-order valence-electron chi connectivity index (χ1n) is 9.52. The Morgan fingerprint density at radius 2 is 1.93 bits per heavy atom. The number of aryl methyl sites for hydroxylation is 1. The molecule has 1 aliphatic heterocycles. The van der Waals surface area contributed by atoms with Gasteiger partial charge in [0, 0.05) is 0 Å². The molecule has 1 aromatic carbocycles. The number of nitrogens with one attached hydrogen (secondary N) is 1. The number of aromatic nitrogens is 2. The molecule has 9 heteroatoms. The van der Waals surface area contributed by atoms with Crippen molar-refractivity contribution in [2.45, 2.75) is 45.1 Å². The van der Waals surface area contributed by atoms with Crippen molar-refractivity contribution < 1.29 is 14.0 Å². The van der Waals surface area contributed by atoms with Gasteiger partial charge in [-0.25, -0.2) is 13.9 Å². The lowest BCUT2D eigenvalue weighted by Crippen LogP contribution is -2.49. The summed E-state index contributed by atoms with van der Waals surface area (Å²) in [5.74, 6) is -0.146. The molecule has 0 radical (unpaired) electrons. The van der Waals surface area contributed by atoms with E-state index >= 15 is 0 Å². The highest BCUT2D eigenvalue weighted by atomic mass is 35.5. The quantitative estimate of drug-likeness (QED) is 0.609. The van der Waals surface area contributed by atoms with E-state index in [4.69, 9.17) is 11.6 Å². The van der Waals surface area contributed by atoms with Crippen LogP contribution in [-0.4, -0.2) is 38.5 Å². The molecular weight excluding hydrogens is 397 g/mol. The van der Waals surface area contributed by atoms with Crippen LogP contribution in [0.5, 0.6) is 0 Å². The molecule has 1 saturated carbocycles. The van der Waals surface area contributed by atoms with Crippen LogP contribution in [0.1, 0.15) is 43.9 Å². The first-order chi connectivity index (χ1) is 13.8. The van der Waals surface area contributed by atoms with Crippen LogP contribution < -0.4 is 5.32 Å². The smallest absolute Gasteiger partial charge is 0.321 e. The molecule has 152 valence electrons. The molecule has 1 aromatic heterocycles. The molecule has 2 aromatic rings. The van der Waals surface area contributed by atoms with Crippen molar-refractivity contribution in [3.05, 3.63) is 46.5 Å². The average Bonchev–Trinajstić information content (AvgIpc) is 3.10. The Kier molecular flexibility index (Phi) is 4.90. The van der Waals surface area contributed by atoms with Crippen molar-refractivity contribution in [2.24, 2.45) is 11.0 Å². The van der Waals surface area contributed by atoms with Crippen molar-refractivity contribution in [3.63, 3.8) is 0 Å². The molecule has 29 heavy (non-hydrogen) atoms. The molecule has 2 fully saturated rings. The van der Waals surface area contributed by atoms with Gasteiger partial charge >= 0.3 is 6.03 Å². The van der Waals surface area contributed by atoms with E-state index in [0.29, 0.717) is 35.7 Å². The first-order valence-corrected chi connectivity index (χ1v) is 9.90. The standard InChI is InChI=1S/C20H21ClFN5O2/c1-12-7-9-20(10-8-12)18(28)27(19(29)24-20)23-11-16-13(2)25-26(17(16)21)15-5-3-14(22)4-6-15/h3-6,11-12H,7-10H2,1-2H3,(H,24,29)/b23-11-. The van der Waals surface area contributed by atoms with Crippen LogP contribution in [0, 0.1) is 18.7 Å². The molecule has 1 spiro atoms. The Labute approximate surface area is 172 Å². The maximum absolute atomic E-state index is 13.2. The van der Waals surface area contributed by atoms with E-state index in [9.17, 15) is 14.0 Å². The highest BCUT2D eigenvalue weighted by Crippen LogP contribution is 2.36. The summed E-state index contributed by atoms with van der Waals surface area (Å²) >= 11 is 6.43. The van der Waals surface area contributed by atoms with Crippen LogP contribution in [0.4, 0.5) is 9.18 Å². The Morgan fingerprint density at radius 1 is 1.28 bits per heavy atom. The van der Waals surface area contributed by atoms with Gasteiger partial charge in [0.05, 0.1) is 23.2 Å². The summed E-state index contributed by atoms with van der Waals surface area (Å²) in [6, 6.07) is 5.21. The minimum atomic E-state index is -0.849. The molecule has 1 saturated heterocycles. The van der Waals surface area contributed by atoms with Crippen molar-refractivity contribution in [1.82, 2.24) is 20.1 Å². The number of hydrazone groups is 1. The fourth-order valence-electron chi connectivity index (χ4n) is 3.83. The summed E-state index contributed by atoms with van der Waals surface area (Å²) in [6.07, 6.45) is 4.38. The van der Waals surface area contributed by atoms with E-state index in [1.165, 1.54) is 23.0 Å². The van der Waals surface area contributed by atoms with Gasteiger partial charge in [0.25, 0.3) is 5.91 Å². The molecule has 2 heterocycles. The van der Waals surface area contributed by atoms with E-state index in [2.05, 4.69) is 22.4 Å². The first kappa shape index (κ1) is 19.6. The molecule has 0 atom stereocenters. The normalized spacial score (nSPS) is 24.7. The topological polar surface area (TPSA) is 79.6 Å². The monoisotopic (exact) mass is 417 g/mol. The van der Waals surface area contributed by atoms with Gasteiger partial charge in [-0.15, -0.1) is 5.01 Å². The number of carbonyl (C=O) groups excluding carboxylic acids is 2. The van der Waals surface area contributed by atoms with E-state index in [1.807, 2.05) is 0 Å². The van der Waals surface area contributed by atoms with Crippen LogP contribution in [0.2, 0.25) is 5.15 Å². The van der Waals surface area contributed by atoms with Crippen LogP contribution in [-0.2, 0) is 4.79 Å². The summed E-state index contributed by atoms with van der Waals surface area (Å²) < 4.78 is 14.6. The van der Waals surface area contributed by atoms with Crippen LogP contribution in [0.15, 0.2) is 29.4 Å². The number of halogens is 2. The number of hydrogen-bond acceptors (Lipinski definition) is 4. The van der Waals surface area contributed by atoms with Gasteiger partial charge in [-0.05, 0) is 62.8 Å². The summed E-state index contributed by atoms with van der Waals surface area (Å²) in [4.78, 5) is 25.3. The van der Waals surface area contributed by atoms with E-state index in [-0.39, 0.29) is 16.9 Å². The summed E-state index contributed by atoms with van der Waals surface area (Å²) in [7, 11) is 0. The van der Waals surface area contributed by atoms with Gasteiger partial charge < -0.3 is 5.32 Å². The number of benzene rings is 1. The number of carbonyl (C=O) groups is 2. The lowest BCUT2D eigenvalue weighted by molar-refractivity contribution is -0.132. The third-order valence-electron chi connectivity index (χ3n) is 5.69. The maximum atomic E-state index is 13.2. The lowest BCUT2D eigenvalue weighted by atomic mass is 9.77. The average molecular weight is 418 g/mol. The molecule has 3 amide bonds. The Hall–Kier alpha value is -2.74. The van der Waals surface area contributed by atoms with Crippen molar-refractivity contribution in [2.75, 3.05) is 0 Å². The molecular formula is C20H21ClFN5O2. The second-order valence-electron chi connectivity index (χ2n) is 7.73. The van der Waals surface area contributed by atoms with Gasteiger partial charge in [-0.1, -0.05) is 18.5 Å². The van der Waals surface area contributed by atoms with Gasteiger partial charge in [-0.3, -0.25) is 4.79 Å². The molecule has 7 nitrogen and oxygen atoms in total. The van der Waals surface area contributed by atoms with E-state index in [1.54, 1.807) is 19.1 Å². The molecule has 2 aliphatic rings. The number of imide groups is 1. The molecule has 1 aliphatic carbocycles. The molecule has 4 rings (SSSR count). The number of nitrogens with zero attached hydrogens (tertiary/aromatic N) is 4. The Bertz CT molecular complexity index is 993. The zero-order valence-electron chi connectivity index (χ0n) is 16.2. The zero-order valence-corrected chi connectivity index (χ0v) is 16.9. The molecule has 1 N–H and O–H groups in total. The summed E-state index contributed by atoms with van der Waals surface area (Å²) in [5, 5.41) is 12.4. The van der Waals surface area contributed by atoms with Crippen molar-refractivity contribution >= 4 is 29.8 Å². The minimum Gasteiger partial charge on any atom is -0.321 e. The lowest BCUT2D eigenvalue weighted by Gasteiger charge is -2.33. The number of urea groups is 1. The predicted octanol–water partition coefficient (Wildman–Crippen LogP) is 3.81. The second kappa shape index (κ2) is 7.26. The summed E-state index contributed by atoms with van der Waals surface area (Å²) in [6.45, 7) is 3.89. The van der Waals surface area contributed by atoms with Gasteiger partial charge in [0.1, 0.15) is 16.5 Å². The second-order valence-corrected chi connectivity index (χ2v) is 8.09. The SMILES string of the molecule is Cc1nn(-c2ccc(F)cc2)c(Cl)c1/C=N\N1C(=O)NC2(CCC(C)CC2)C1=O. The molecule has 0 bridgehead atoms. The highest BCUT2D eigenvalue weighted by molar-refractivity contribution is 6.32. The Morgan fingerprint density at radius 3 is 2.59 bits per heavy atom. The van der Waals surface area contributed by atoms with Crippen molar-refractivity contribution in [3.8, 4) is 5.69 Å². The third kappa shape index (κ3) is 3.42. The third-order valence-corrected chi connectivity index (χ3v) is 6.05. The van der Waals surface area contributed by atoms with Gasteiger partial charge in [0.15, 0.2) is 0 Å². The largest absolute Gasteiger partial charge is 0.346 e. The van der Waals surface area contributed by atoms with Gasteiger partial charge in [-0.2, -0.15) is 10.2 Å².